The van der Waals surface area contributed by atoms with E-state index in [-0.39, 0.29) is 22.6 Å². The fourth-order valence-corrected chi connectivity index (χ4v) is 3.60. The number of nitrogens with zero attached hydrogens (tertiary/aromatic N) is 4. The van der Waals surface area contributed by atoms with Gasteiger partial charge in [-0.25, -0.2) is 19.0 Å². The number of carbonyl (C=O) groups excluding carboxylic acids is 1. The smallest absolute Gasteiger partial charge is 0.382 e. The predicted octanol–water partition coefficient (Wildman–Crippen LogP) is 4.19. The number of aryl methyl sites for hydroxylation is 1. The molecular weight excluding hydrogens is 480 g/mol. The molecule has 176 valence electrons. The van der Waals surface area contributed by atoms with Crippen LogP contribution in [-0.4, -0.2) is 30.8 Å². The summed E-state index contributed by atoms with van der Waals surface area (Å²) in [6, 6.07) is 5.70. The number of amides is 1. The van der Waals surface area contributed by atoms with E-state index in [0.717, 1.165) is 0 Å². The van der Waals surface area contributed by atoms with Crippen LogP contribution in [0, 0.1) is 12.7 Å². The number of fused-ring (bicyclic) bond motifs is 1. The van der Waals surface area contributed by atoms with Gasteiger partial charge in [-0.1, -0.05) is 11.6 Å². The normalized spacial score (nSPS) is 12.7. The molecule has 13 heteroatoms. The molecule has 2 aromatic heterocycles. The van der Waals surface area contributed by atoms with Crippen molar-refractivity contribution in [3.63, 3.8) is 0 Å². The third-order valence-electron chi connectivity index (χ3n) is 4.91. The standard InChI is InChI=1S/C21H15ClF4N6O2/c1-9-16-17(19(27)29-8-28-16)32(31-9)15-3-2-13(7-14(15)22)30-20(34)18(33)10-4-11(21(24,25)26)6-12(23)5-10/h2-8,18,33H,1H3,(H,30,34)(H2,27,28,29). The summed E-state index contributed by atoms with van der Waals surface area (Å²) >= 11 is 6.37. The van der Waals surface area contributed by atoms with Gasteiger partial charge in [-0.15, -0.1) is 0 Å². The van der Waals surface area contributed by atoms with Crippen molar-refractivity contribution in [2.45, 2.75) is 19.2 Å². The molecule has 1 amide bonds. The minimum Gasteiger partial charge on any atom is -0.382 e. The van der Waals surface area contributed by atoms with Crippen molar-refractivity contribution in [1.29, 1.82) is 0 Å². The van der Waals surface area contributed by atoms with Gasteiger partial charge in [-0.05, 0) is 48.9 Å². The first-order valence-electron chi connectivity index (χ1n) is 9.58. The van der Waals surface area contributed by atoms with Gasteiger partial charge >= 0.3 is 6.18 Å². The van der Waals surface area contributed by atoms with Gasteiger partial charge in [0.2, 0.25) is 0 Å². The Morgan fingerprint density at radius 1 is 1.21 bits per heavy atom. The van der Waals surface area contributed by atoms with Crippen molar-refractivity contribution in [3.8, 4) is 5.69 Å². The highest BCUT2D eigenvalue weighted by Gasteiger charge is 2.32. The summed E-state index contributed by atoms with van der Waals surface area (Å²) in [5, 5.41) is 17.0. The quantitative estimate of drug-likeness (QED) is 0.366. The van der Waals surface area contributed by atoms with E-state index < -0.39 is 35.1 Å². The van der Waals surface area contributed by atoms with E-state index >= 15 is 0 Å². The van der Waals surface area contributed by atoms with Crippen LogP contribution in [0.1, 0.15) is 22.9 Å². The maximum Gasteiger partial charge on any atom is 0.416 e. The molecule has 0 saturated carbocycles. The summed E-state index contributed by atoms with van der Waals surface area (Å²) in [7, 11) is 0. The van der Waals surface area contributed by atoms with Crippen LogP contribution in [0.25, 0.3) is 16.7 Å². The molecule has 4 aromatic rings. The van der Waals surface area contributed by atoms with Crippen LogP contribution in [0.2, 0.25) is 5.02 Å². The van der Waals surface area contributed by atoms with Gasteiger partial charge < -0.3 is 16.2 Å². The fraction of sp³-hybridized carbons (Fsp3) is 0.143. The van der Waals surface area contributed by atoms with Crippen molar-refractivity contribution < 1.29 is 27.5 Å². The Labute approximate surface area is 194 Å². The first-order valence-corrected chi connectivity index (χ1v) is 9.96. The van der Waals surface area contributed by atoms with Gasteiger partial charge in [0.05, 0.1) is 22.0 Å². The lowest BCUT2D eigenvalue weighted by atomic mass is 10.0. The highest BCUT2D eigenvalue weighted by Crippen LogP contribution is 2.33. The maximum absolute atomic E-state index is 13.6. The molecule has 0 aliphatic rings. The summed E-state index contributed by atoms with van der Waals surface area (Å²) in [5.74, 6) is -2.15. The number of benzene rings is 2. The van der Waals surface area contributed by atoms with Crippen molar-refractivity contribution in [1.82, 2.24) is 19.7 Å². The second kappa shape index (κ2) is 8.54. The number of aliphatic hydroxyl groups is 1. The molecule has 4 rings (SSSR count). The number of nitrogens with two attached hydrogens (primary N) is 1. The molecule has 8 nitrogen and oxygen atoms in total. The molecular formula is C21H15ClF4N6O2. The number of carbonyl (C=O) groups is 1. The third kappa shape index (κ3) is 4.37. The molecule has 0 spiro atoms. The Balaban J connectivity index is 1.61. The molecule has 0 saturated heterocycles. The van der Waals surface area contributed by atoms with E-state index in [9.17, 15) is 27.5 Å². The SMILES string of the molecule is Cc1nn(-c2ccc(NC(=O)C(O)c3cc(F)cc(C(F)(F)F)c3)cc2Cl)c2c(N)ncnc12. The van der Waals surface area contributed by atoms with Crippen LogP contribution in [0.15, 0.2) is 42.7 Å². The number of halogens is 5. The first-order chi connectivity index (χ1) is 16.0. The molecule has 0 aliphatic carbocycles. The maximum atomic E-state index is 13.6. The Hall–Kier alpha value is -3.77. The molecule has 0 radical (unpaired) electrons. The number of nitrogens with one attached hydrogen (secondary N) is 1. The molecule has 0 fully saturated rings. The lowest BCUT2D eigenvalue weighted by Crippen LogP contribution is -2.21. The average Bonchev–Trinajstić information content (AvgIpc) is 3.10. The van der Waals surface area contributed by atoms with Gasteiger partial charge in [0.1, 0.15) is 23.2 Å². The molecule has 0 aliphatic heterocycles. The van der Waals surface area contributed by atoms with Crippen molar-refractivity contribution in [3.05, 3.63) is 70.4 Å². The van der Waals surface area contributed by atoms with Crippen LogP contribution >= 0.6 is 11.6 Å². The van der Waals surface area contributed by atoms with Crippen molar-refractivity contribution >= 4 is 40.0 Å². The number of alkyl halides is 3. The molecule has 34 heavy (non-hydrogen) atoms. The van der Waals surface area contributed by atoms with Gasteiger partial charge in [0.25, 0.3) is 5.91 Å². The minimum atomic E-state index is -4.85. The zero-order valence-corrected chi connectivity index (χ0v) is 18.0. The van der Waals surface area contributed by atoms with Gasteiger partial charge in [0, 0.05) is 5.69 Å². The van der Waals surface area contributed by atoms with E-state index in [1.165, 1.54) is 29.2 Å². The van der Waals surface area contributed by atoms with E-state index in [4.69, 9.17) is 17.3 Å². The van der Waals surface area contributed by atoms with Crippen molar-refractivity contribution in [2.24, 2.45) is 0 Å². The second-order valence-corrected chi connectivity index (χ2v) is 7.69. The second-order valence-electron chi connectivity index (χ2n) is 7.28. The summed E-state index contributed by atoms with van der Waals surface area (Å²) in [6.45, 7) is 1.73. The van der Waals surface area contributed by atoms with Gasteiger partial charge in [-0.2, -0.15) is 18.3 Å². The lowest BCUT2D eigenvalue weighted by molar-refractivity contribution is -0.138. The van der Waals surface area contributed by atoms with Gasteiger partial charge in [0.15, 0.2) is 11.9 Å². The molecule has 2 aromatic carbocycles. The van der Waals surface area contributed by atoms with Crippen LogP contribution in [0.3, 0.4) is 0 Å². The van der Waals surface area contributed by atoms with E-state index in [0.29, 0.717) is 34.5 Å². The molecule has 4 N–H and O–H groups in total. The Bertz CT molecular complexity index is 1420. The average molecular weight is 495 g/mol. The van der Waals surface area contributed by atoms with E-state index in [1.54, 1.807) is 6.92 Å². The topological polar surface area (TPSA) is 119 Å². The summed E-state index contributed by atoms with van der Waals surface area (Å²) < 4.78 is 53.8. The summed E-state index contributed by atoms with van der Waals surface area (Å²) in [5.41, 5.74) is 6.12. The van der Waals surface area contributed by atoms with Crippen LogP contribution in [-0.2, 0) is 11.0 Å². The minimum absolute atomic E-state index is 0.127. The van der Waals surface area contributed by atoms with Crippen molar-refractivity contribution in [2.75, 3.05) is 11.1 Å². The first kappa shape index (κ1) is 23.4. The van der Waals surface area contributed by atoms with E-state index in [2.05, 4.69) is 20.4 Å². The number of hydrogen-bond donors (Lipinski definition) is 3. The Kier molecular flexibility index (Phi) is 5.87. The largest absolute Gasteiger partial charge is 0.416 e. The highest BCUT2D eigenvalue weighted by atomic mass is 35.5. The predicted molar refractivity (Wildman–Crippen MR) is 116 cm³/mol. The number of anilines is 2. The molecule has 1 unspecified atom stereocenters. The zero-order valence-electron chi connectivity index (χ0n) is 17.2. The van der Waals surface area contributed by atoms with Crippen LogP contribution in [0.4, 0.5) is 29.1 Å². The third-order valence-corrected chi connectivity index (χ3v) is 5.21. The Morgan fingerprint density at radius 3 is 2.62 bits per heavy atom. The summed E-state index contributed by atoms with van der Waals surface area (Å²) in [4.78, 5) is 20.5. The van der Waals surface area contributed by atoms with Crippen LogP contribution in [0.5, 0.6) is 0 Å². The number of aromatic nitrogens is 4. The molecule has 0 bridgehead atoms. The number of nitrogen functional groups attached to an aromatic ring is 1. The highest BCUT2D eigenvalue weighted by molar-refractivity contribution is 6.32. The molecule has 2 heterocycles. The summed E-state index contributed by atoms with van der Waals surface area (Å²) in [6.07, 6.45) is -5.61. The number of aliphatic hydroxyl groups excluding tert-OH is 1. The van der Waals surface area contributed by atoms with E-state index in [1.807, 2.05) is 0 Å². The van der Waals surface area contributed by atoms with Gasteiger partial charge in [-0.3, -0.25) is 4.79 Å². The number of hydrogen-bond acceptors (Lipinski definition) is 6. The monoisotopic (exact) mass is 494 g/mol. The fourth-order valence-electron chi connectivity index (χ4n) is 3.34. The number of rotatable bonds is 4. The zero-order chi connectivity index (χ0) is 24.8. The van der Waals surface area contributed by atoms with Crippen LogP contribution < -0.4 is 11.1 Å². The molecule has 1 atom stereocenters. The Morgan fingerprint density at radius 2 is 1.94 bits per heavy atom. The lowest BCUT2D eigenvalue weighted by Gasteiger charge is -2.15.